The minimum atomic E-state index is 0.216. The van der Waals surface area contributed by atoms with Crippen LogP contribution in [-0.2, 0) is 22.6 Å². The van der Waals surface area contributed by atoms with Crippen molar-refractivity contribution in [3.63, 3.8) is 0 Å². The molecule has 22 heavy (non-hydrogen) atoms. The van der Waals surface area contributed by atoms with E-state index in [1.54, 1.807) is 0 Å². The molecule has 0 aliphatic carbocycles. The smallest absolute Gasteiger partial charge is 0.223 e. The molecule has 1 aromatic heterocycles. The van der Waals surface area contributed by atoms with Gasteiger partial charge in [0.05, 0.1) is 19.8 Å². The lowest BCUT2D eigenvalue weighted by Crippen LogP contribution is -2.37. The Kier molecular flexibility index (Phi) is 5.22. The van der Waals surface area contributed by atoms with Gasteiger partial charge in [-0.3, -0.25) is 14.8 Å². The van der Waals surface area contributed by atoms with Gasteiger partial charge in [-0.15, -0.1) is 0 Å². The molecular formula is C14H23N5O2S. The summed E-state index contributed by atoms with van der Waals surface area (Å²) in [5.41, 5.74) is 0. The van der Waals surface area contributed by atoms with Gasteiger partial charge in [0, 0.05) is 39.1 Å². The van der Waals surface area contributed by atoms with E-state index in [0.717, 1.165) is 64.6 Å². The lowest BCUT2D eigenvalue weighted by atomic mass is 10.3. The topological polar surface area (TPSA) is 66.4 Å². The van der Waals surface area contributed by atoms with Crippen LogP contribution >= 0.6 is 12.2 Å². The van der Waals surface area contributed by atoms with Crippen LogP contribution in [0.15, 0.2) is 0 Å². The summed E-state index contributed by atoms with van der Waals surface area (Å²) in [6.07, 6.45) is 2.62. The fourth-order valence-electron chi connectivity index (χ4n) is 3.02. The normalized spacial score (nSPS) is 20.0. The Bertz CT molecular complexity index is 564. The molecule has 0 radical (unpaired) electrons. The highest BCUT2D eigenvalue weighted by Crippen LogP contribution is 2.13. The van der Waals surface area contributed by atoms with Crippen LogP contribution in [0.2, 0.25) is 0 Å². The monoisotopic (exact) mass is 325 g/mol. The first-order valence-corrected chi connectivity index (χ1v) is 8.37. The number of hydrogen-bond acceptors (Lipinski definition) is 5. The lowest BCUT2D eigenvalue weighted by molar-refractivity contribution is -0.128. The summed E-state index contributed by atoms with van der Waals surface area (Å²) in [5, 5.41) is 7.16. The highest BCUT2D eigenvalue weighted by Gasteiger charge is 2.22. The van der Waals surface area contributed by atoms with E-state index in [4.69, 9.17) is 17.0 Å². The SMILES string of the molecule is O=C1CCCN1Cc1n[nH]c(=S)n1CCCN1CCOCC1. The third-order valence-corrected chi connectivity index (χ3v) is 4.61. The van der Waals surface area contributed by atoms with Gasteiger partial charge in [0.25, 0.3) is 0 Å². The van der Waals surface area contributed by atoms with E-state index >= 15 is 0 Å². The summed E-state index contributed by atoms with van der Waals surface area (Å²) in [5.74, 6) is 1.08. The molecule has 7 nitrogen and oxygen atoms in total. The van der Waals surface area contributed by atoms with Crippen LogP contribution in [0.5, 0.6) is 0 Å². The van der Waals surface area contributed by atoms with Crippen LogP contribution in [0.1, 0.15) is 25.1 Å². The fourth-order valence-corrected chi connectivity index (χ4v) is 3.26. The summed E-state index contributed by atoms with van der Waals surface area (Å²) in [7, 11) is 0. The van der Waals surface area contributed by atoms with Crippen molar-refractivity contribution in [3.05, 3.63) is 10.6 Å². The Labute approximate surface area is 135 Å². The van der Waals surface area contributed by atoms with Crippen LogP contribution in [0.4, 0.5) is 0 Å². The Balaban J connectivity index is 1.55. The summed E-state index contributed by atoms with van der Waals surface area (Å²) in [6, 6.07) is 0. The Morgan fingerprint density at radius 3 is 2.77 bits per heavy atom. The van der Waals surface area contributed by atoms with E-state index in [0.29, 0.717) is 17.7 Å². The predicted molar refractivity (Wildman–Crippen MR) is 83.9 cm³/mol. The Morgan fingerprint density at radius 2 is 2.05 bits per heavy atom. The van der Waals surface area contributed by atoms with E-state index in [1.807, 2.05) is 9.47 Å². The molecule has 3 heterocycles. The molecule has 0 saturated carbocycles. The Hall–Kier alpha value is -1.25. The van der Waals surface area contributed by atoms with Crippen LogP contribution in [0.3, 0.4) is 0 Å². The number of ether oxygens (including phenoxy) is 1. The maximum Gasteiger partial charge on any atom is 0.223 e. The molecular weight excluding hydrogens is 302 g/mol. The number of aromatic amines is 1. The van der Waals surface area contributed by atoms with E-state index < -0.39 is 0 Å². The standard InChI is InChI=1S/C14H23N5O2S/c20-13-3-1-5-18(13)11-12-15-16-14(22)19(12)6-2-4-17-7-9-21-10-8-17/h1-11H2,(H,16,22). The van der Waals surface area contributed by atoms with E-state index in [-0.39, 0.29) is 5.91 Å². The van der Waals surface area contributed by atoms with Crippen molar-refractivity contribution in [1.82, 2.24) is 24.6 Å². The van der Waals surface area contributed by atoms with Gasteiger partial charge in [-0.1, -0.05) is 0 Å². The van der Waals surface area contributed by atoms with Crippen molar-refractivity contribution in [1.29, 1.82) is 0 Å². The van der Waals surface area contributed by atoms with Gasteiger partial charge in [0.15, 0.2) is 10.6 Å². The zero-order chi connectivity index (χ0) is 15.4. The van der Waals surface area contributed by atoms with Gasteiger partial charge in [0.1, 0.15) is 0 Å². The third-order valence-electron chi connectivity index (χ3n) is 4.30. The average Bonchev–Trinajstić information content (AvgIpc) is 3.09. The molecule has 1 amide bonds. The second-order valence-corrected chi connectivity index (χ2v) is 6.21. The van der Waals surface area contributed by atoms with Crippen molar-refractivity contribution >= 4 is 18.1 Å². The molecule has 0 aromatic carbocycles. The van der Waals surface area contributed by atoms with Gasteiger partial charge in [-0.2, -0.15) is 5.10 Å². The van der Waals surface area contributed by atoms with Gasteiger partial charge >= 0.3 is 0 Å². The number of nitrogens with zero attached hydrogens (tertiary/aromatic N) is 4. The molecule has 2 saturated heterocycles. The van der Waals surface area contributed by atoms with Gasteiger partial charge in [-0.05, 0) is 25.1 Å². The zero-order valence-corrected chi connectivity index (χ0v) is 13.6. The fraction of sp³-hybridized carbons (Fsp3) is 0.786. The molecule has 0 bridgehead atoms. The molecule has 1 aromatic rings. The first-order valence-electron chi connectivity index (χ1n) is 7.96. The number of H-pyrrole nitrogens is 1. The minimum Gasteiger partial charge on any atom is -0.379 e. The summed E-state index contributed by atoms with van der Waals surface area (Å²) in [6.45, 7) is 6.93. The zero-order valence-electron chi connectivity index (χ0n) is 12.8. The second-order valence-electron chi connectivity index (χ2n) is 5.82. The van der Waals surface area contributed by atoms with Gasteiger partial charge in [0.2, 0.25) is 5.91 Å². The van der Waals surface area contributed by atoms with Crippen LogP contribution < -0.4 is 0 Å². The number of carbonyl (C=O) groups excluding carboxylic acids is 1. The number of amides is 1. The largest absolute Gasteiger partial charge is 0.379 e. The van der Waals surface area contributed by atoms with E-state index in [1.165, 1.54) is 0 Å². The first kappa shape index (κ1) is 15.6. The van der Waals surface area contributed by atoms with Crippen molar-refractivity contribution < 1.29 is 9.53 Å². The molecule has 3 rings (SSSR count). The molecule has 0 atom stereocenters. The molecule has 8 heteroatoms. The number of hydrogen-bond donors (Lipinski definition) is 1. The minimum absolute atomic E-state index is 0.216. The number of aromatic nitrogens is 3. The summed E-state index contributed by atoms with van der Waals surface area (Å²) >= 11 is 5.32. The predicted octanol–water partition coefficient (Wildman–Crippen LogP) is 0.785. The lowest BCUT2D eigenvalue weighted by Gasteiger charge is -2.26. The average molecular weight is 325 g/mol. The molecule has 2 fully saturated rings. The highest BCUT2D eigenvalue weighted by atomic mass is 32.1. The van der Waals surface area contributed by atoms with Crippen LogP contribution in [-0.4, -0.2) is 69.9 Å². The number of nitrogens with one attached hydrogen (secondary N) is 1. The van der Waals surface area contributed by atoms with E-state index in [9.17, 15) is 4.79 Å². The second kappa shape index (κ2) is 7.34. The molecule has 122 valence electrons. The summed E-state index contributed by atoms with van der Waals surface area (Å²) < 4.78 is 8.03. The number of rotatable bonds is 6. The molecule has 0 spiro atoms. The van der Waals surface area contributed by atoms with Crippen LogP contribution in [0.25, 0.3) is 0 Å². The maximum absolute atomic E-state index is 11.8. The molecule has 0 unspecified atom stereocenters. The third kappa shape index (κ3) is 3.74. The summed E-state index contributed by atoms with van der Waals surface area (Å²) in [4.78, 5) is 16.0. The van der Waals surface area contributed by atoms with Crippen LogP contribution in [0, 0.1) is 4.77 Å². The quantitative estimate of drug-likeness (QED) is 0.783. The first-order chi connectivity index (χ1) is 10.7. The highest BCUT2D eigenvalue weighted by molar-refractivity contribution is 7.71. The van der Waals surface area contributed by atoms with Crippen molar-refractivity contribution in [3.8, 4) is 0 Å². The number of carbonyl (C=O) groups is 1. The molecule has 1 N–H and O–H groups in total. The number of likely N-dealkylation sites (tertiary alicyclic amines) is 1. The van der Waals surface area contributed by atoms with Gasteiger partial charge in [-0.25, -0.2) is 0 Å². The van der Waals surface area contributed by atoms with Gasteiger partial charge < -0.3 is 14.2 Å². The number of morpholine rings is 1. The molecule has 2 aliphatic heterocycles. The molecule has 2 aliphatic rings. The Morgan fingerprint density at radius 1 is 1.23 bits per heavy atom. The van der Waals surface area contributed by atoms with Crippen molar-refractivity contribution in [2.45, 2.75) is 32.4 Å². The van der Waals surface area contributed by atoms with Crippen molar-refractivity contribution in [2.75, 3.05) is 39.4 Å². The van der Waals surface area contributed by atoms with E-state index in [2.05, 4.69) is 15.1 Å². The maximum atomic E-state index is 11.8. The van der Waals surface area contributed by atoms with Crippen molar-refractivity contribution in [2.24, 2.45) is 0 Å².